The van der Waals surface area contributed by atoms with Crippen LogP contribution in [-0.2, 0) is 20.0 Å². The zero-order valence-corrected chi connectivity index (χ0v) is 15.5. The van der Waals surface area contributed by atoms with E-state index in [1.807, 2.05) is 6.26 Å². The number of nitrogens with one attached hydrogen (secondary N) is 1. The Morgan fingerprint density at radius 2 is 2.23 bits per heavy atom. The zero-order chi connectivity index (χ0) is 16.5. The molecule has 11 heteroatoms. The van der Waals surface area contributed by atoms with Crippen molar-refractivity contribution in [3.05, 3.63) is 11.6 Å². The summed E-state index contributed by atoms with van der Waals surface area (Å²) in [5.41, 5.74) is 0.484. The first-order valence-electron chi connectivity index (χ1n) is 6.54. The van der Waals surface area contributed by atoms with Gasteiger partial charge in [0.1, 0.15) is 8.42 Å². The van der Waals surface area contributed by atoms with Gasteiger partial charge in [-0.25, -0.2) is 22.0 Å². The van der Waals surface area contributed by atoms with E-state index in [0.29, 0.717) is 18.7 Å². The number of hydrogen-bond acceptors (Lipinski definition) is 7. The molecular formula is C11H19N3O4S4. The van der Waals surface area contributed by atoms with Crippen molar-refractivity contribution in [3.8, 4) is 0 Å². The molecule has 0 saturated heterocycles. The molecule has 22 heavy (non-hydrogen) atoms. The zero-order valence-electron chi connectivity index (χ0n) is 12.3. The highest BCUT2D eigenvalue weighted by molar-refractivity contribution is 7.98. The van der Waals surface area contributed by atoms with Crippen molar-refractivity contribution in [2.45, 2.75) is 20.9 Å². The Morgan fingerprint density at radius 3 is 2.77 bits per heavy atom. The van der Waals surface area contributed by atoms with Crippen LogP contribution in [0.3, 0.4) is 0 Å². The molecule has 0 bridgehead atoms. The number of sulfonamides is 2. The van der Waals surface area contributed by atoms with Gasteiger partial charge in [0.2, 0.25) is 10.0 Å². The number of likely N-dealkylation sites (N-methyl/N-ethyl adjacent to an activating group) is 1. The van der Waals surface area contributed by atoms with Gasteiger partial charge in [0.15, 0.2) is 0 Å². The third kappa shape index (κ3) is 3.50. The molecule has 0 aliphatic carbocycles. The van der Waals surface area contributed by atoms with Crippen molar-refractivity contribution in [2.24, 2.45) is 5.14 Å². The third-order valence-corrected chi connectivity index (χ3v) is 9.08. The SMILES string of the molecule is CNC1CN(CCCSC)S(=O)(=O)c2sc(S(N)(=O)=O)cc21. The second-order valence-corrected chi connectivity index (χ2v) is 10.9. The Hall–Kier alpha value is -0.170. The molecule has 1 aliphatic rings. The Kier molecular flexibility index (Phi) is 5.58. The quantitative estimate of drug-likeness (QED) is 0.687. The monoisotopic (exact) mass is 385 g/mol. The Balaban J connectivity index is 2.44. The molecule has 0 aromatic carbocycles. The van der Waals surface area contributed by atoms with E-state index in [0.717, 1.165) is 23.5 Å². The number of nitrogens with two attached hydrogens (primary N) is 1. The van der Waals surface area contributed by atoms with Crippen LogP contribution in [0, 0.1) is 0 Å². The minimum atomic E-state index is -3.91. The highest BCUT2D eigenvalue weighted by atomic mass is 32.3. The number of thioether (sulfide) groups is 1. The van der Waals surface area contributed by atoms with Crippen LogP contribution >= 0.6 is 23.1 Å². The van der Waals surface area contributed by atoms with Crippen molar-refractivity contribution in [1.29, 1.82) is 0 Å². The van der Waals surface area contributed by atoms with Crippen LogP contribution in [0.2, 0.25) is 0 Å². The normalized spacial score (nSPS) is 21.7. The molecule has 2 heterocycles. The van der Waals surface area contributed by atoms with Gasteiger partial charge in [-0.05, 0) is 31.5 Å². The molecule has 0 spiro atoms. The summed E-state index contributed by atoms with van der Waals surface area (Å²) in [6.45, 7) is 0.713. The summed E-state index contributed by atoms with van der Waals surface area (Å²) in [6.07, 6.45) is 2.72. The molecule has 1 unspecified atom stereocenters. The molecule has 0 saturated carbocycles. The number of thiophene rings is 1. The van der Waals surface area contributed by atoms with Gasteiger partial charge in [-0.15, -0.1) is 11.3 Å². The minimum absolute atomic E-state index is 0.0753. The van der Waals surface area contributed by atoms with E-state index >= 15 is 0 Å². The first-order valence-corrected chi connectivity index (χ1v) is 11.7. The molecule has 1 aliphatic heterocycles. The Morgan fingerprint density at radius 1 is 1.55 bits per heavy atom. The number of nitrogens with zero attached hydrogens (tertiary/aromatic N) is 1. The maximum Gasteiger partial charge on any atom is 0.252 e. The fourth-order valence-electron chi connectivity index (χ4n) is 2.31. The van der Waals surface area contributed by atoms with Gasteiger partial charge in [-0.1, -0.05) is 0 Å². The first-order chi connectivity index (χ1) is 10.2. The third-order valence-electron chi connectivity index (χ3n) is 3.42. The second kappa shape index (κ2) is 6.75. The molecule has 126 valence electrons. The minimum Gasteiger partial charge on any atom is -0.312 e. The fraction of sp³-hybridized carbons (Fsp3) is 0.636. The van der Waals surface area contributed by atoms with Crippen molar-refractivity contribution in [3.63, 3.8) is 0 Å². The van der Waals surface area contributed by atoms with Crippen LogP contribution in [-0.4, -0.2) is 53.3 Å². The van der Waals surface area contributed by atoms with Crippen LogP contribution in [0.1, 0.15) is 18.0 Å². The van der Waals surface area contributed by atoms with Gasteiger partial charge in [0, 0.05) is 24.7 Å². The van der Waals surface area contributed by atoms with Crippen molar-refractivity contribution < 1.29 is 16.8 Å². The standard InChI is InChI=1S/C11H19N3O4S4/c1-13-9-7-14(4-3-5-19-2)22(17,18)11-8(9)6-10(20-11)21(12,15)16/h6,9,13H,3-5,7H2,1-2H3,(H2,12,15,16). The molecule has 0 fully saturated rings. The van der Waals surface area contributed by atoms with Gasteiger partial charge in [0.25, 0.3) is 10.0 Å². The van der Waals surface area contributed by atoms with Crippen LogP contribution in [0.5, 0.6) is 0 Å². The van der Waals surface area contributed by atoms with Crippen LogP contribution in [0.4, 0.5) is 0 Å². The van der Waals surface area contributed by atoms with Gasteiger partial charge in [-0.3, -0.25) is 0 Å². The fourth-order valence-corrected chi connectivity index (χ4v) is 7.04. The van der Waals surface area contributed by atoms with E-state index < -0.39 is 20.0 Å². The summed E-state index contributed by atoms with van der Waals surface area (Å²) in [6, 6.07) is 1.13. The highest BCUT2D eigenvalue weighted by Crippen LogP contribution is 2.39. The molecule has 1 aromatic rings. The van der Waals surface area contributed by atoms with Crippen molar-refractivity contribution in [1.82, 2.24) is 9.62 Å². The Bertz CT molecular complexity index is 741. The lowest BCUT2D eigenvalue weighted by Gasteiger charge is -2.31. The van der Waals surface area contributed by atoms with E-state index in [-0.39, 0.29) is 14.5 Å². The van der Waals surface area contributed by atoms with E-state index in [2.05, 4.69) is 5.32 Å². The summed E-state index contributed by atoms with van der Waals surface area (Å²) < 4.78 is 49.7. The van der Waals surface area contributed by atoms with Crippen molar-refractivity contribution >= 4 is 43.1 Å². The van der Waals surface area contributed by atoms with Crippen LogP contribution in [0.25, 0.3) is 0 Å². The molecule has 1 aromatic heterocycles. The van der Waals surface area contributed by atoms with E-state index in [1.165, 1.54) is 10.4 Å². The van der Waals surface area contributed by atoms with Gasteiger partial charge in [-0.2, -0.15) is 16.1 Å². The number of rotatable bonds is 6. The largest absolute Gasteiger partial charge is 0.312 e. The molecule has 0 radical (unpaired) electrons. The van der Waals surface area contributed by atoms with E-state index in [4.69, 9.17) is 5.14 Å². The van der Waals surface area contributed by atoms with E-state index in [1.54, 1.807) is 18.8 Å². The molecule has 7 nitrogen and oxygen atoms in total. The average molecular weight is 386 g/mol. The second-order valence-electron chi connectivity index (χ2n) is 4.90. The summed E-state index contributed by atoms with van der Waals surface area (Å²) in [5.74, 6) is 0.871. The van der Waals surface area contributed by atoms with Gasteiger partial charge in [0.05, 0.1) is 0 Å². The van der Waals surface area contributed by atoms with Gasteiger partial charge >= 0.3 is 0 Å². The summed E-state index contributed by atoms with van der Waals surface area (Å²) >= 11 is 2.38. The first kappa shape index (κ1) is 18.2. The van der Waals surface area contributed by atoms with E-state index in [9.17, 15) is 16.8 Å². The molecule has 2 rings (SSSR count). The lowest BCUT2D eigenvalue weighted by atomic mass is 10.1. The summed E-state index contributed by atoms with van der Waals surface area (Å²) in [4.78, 5) is 0. The summed E-state index contributed by atoms with van der Waals surface area (Å²) in [5, 5.41) is 8.17. The molecule has 3 N–H and O–H groups in total. The average Bonchev–Trinajstić information content (AvgIpc) is 2.88. The predicted molar refractivity (Wildman–Crippen MR) is 89.3 cm³/mol. The maximum atomic E-state index is 12.7. The molecule has 1 atom stereocenters. The lowest BCUT2D eigenvalue weighted by Crippen LogP contribution is -2.43. The summed E-state index contributed by atoms with van der Waals surface area (Å²) in [7, 11) is -5.85. The molecular weight excluding hydrogens is 366 g/mol. The Labute approximate surface area is 139 Å². The smallest absolute Gasteiger partial charge is 0.252 e. The predicted octanol–water partition coefficient (Wildman–Crippen LogP) is 0.413. The van der Waals surface area contributed by atoms with Crippen LogP contribution in [0.15, 0.2) is 14.5 Å². The molecule has 0 amide bonds. The maximum absolute atomic E-state index is 12.7. The van der Waals surface area contributed by atoms with Gasteiger partial charge < -0.3 is 5.32 Å². The highest BCUT2D eigenvalue weighted by Gasteiger charge is 2.39. The van der Waals surface area contributed by atoms with Crippen LogP contribution < -0.4 is 10.5 Å². The van der Waals surface area contributed by atoms with Crippen molar-refractivity contribution in [2.75, 3.05) is 32.1 Å². The number of hydrogen-bond donors (Lipinski definition) is 2. The lowest BCUT2D eigenvalue weighted by molar-refractivity contribution is 0.352. The topological polar surface area (TPSA) is 110 Å². The number of primary sulfonamides is 1. The number of fused-ring (bicyclic) bond motifs is 1.